The van der Waals surface area contributed by atoms with Crippen LogP contribution in [0, 0.1) is 0 Å². The highest BCUT2D eigenvalue weighted by Crippen LogP contribution is 2.40. The number of hydrogen-bond acceptors (Lipinski definition) is 8. The van der Waals surface area contributed by atoms with Crippen LogP contribution < -0.4 is 9.47 Å². The Kier molecular flexibility index (Phi) is 6.22. The molecule has 0 radical (unpaired) electrons. The molecule has 0 aliphatic carbocycles. The standard InChI is InChI=1S/C28H18ClN3O5S/c29-21-13-25-24(36-15-37-25)11-18(21)14-32-27(34)26(38-28(32)35)12-17-10-19(8-9-23(17)33)30-31-22-7-3-5-16-4-1-2-6-20(16)22/h1-13,33H,14-15H2/b26-12-,31-30?. The third-order valence-corrected chi connectivity index (χ3v) is 7.34. The Morgan fingerprint density at radius 3 is 2.63 bits per heavy atom. The van der Waals surface area contributed by atoms with Crippen LogP contribution in [0.25, 0.3) is 16.8 Å². The smallest absolute Gasteiger partial charge is 0.293 e. The molecule has 8 nitrogen and oxygen atoms in total. The molecule has 1 N–H and O–H groups in total. The molecule has 4 aromatic rings. The Labute approximate surface area is 226 Å². The van der Waals surface area contributed by atoms with Gasteiger partial charge in [-0.2, -0.15) is 5.11 Å². The van der Waals surface area contributed by atoms with Crippen LogP contribution in [0.2, 0.25) is 5.02 Å². The Balaban J connectivity index is 1.24. The van der Waals surface area contributed by atoms with E-state index in [1.165, 1.54) is 12.1 Å². The molecule has 2 amide bonds. The van der Waals surface area contributed by atoms with Crippen molar-refractivity contribution in [3.63, 3.8) is 0 Å². The first-order valence-electron chi connectivity index (χ1n) is 11.5. The molecule has 0 atom stereocenters. The van der Waals surface area contributed by atoms with Crippen LogP contribution >= 0.6 is 23.4 Å². The molecule has 0 aromatic heterocycles. The lowest BCUT2D eigenvalue weighted by Gasteiger charge is -2.14. The zero-order valence-corrected chi connectivity index (χ0v) is 21.2. The molecule has 1 fully saturated rings. The van der Waals surface area contributed by atoms with Gasteiger partial charge in [-0.15, -0.1) is 5.11 Å². The quantitative estimate of drug-likeness (QED) is 0.206. The average molecular weight is 544 g/mol. The molecule has 6 rings (SSSR count). The molecular weight excluding hydrogens is 526 g/mol. The summed E-state index contributed by atoms with van der Waals surface area (Å²) in [7, 11) is 0. The summed E-state index contributed by atoms with van der Waals surface area (Å²) in [6.07, 6.45) is 1.47. The van der Waals surface area contributed by atoms with Crippen LogP contribution in [0.15, 0.2) is 87.9 Å². The van der Waals surface area contributed by atoms with Gasteiger partial charge in [0, 0.05) is 22.0 Å². The number of amides is 2. The van der Waals surface area contributed by atoms with Gasteiger partial charge >= 0.3 is 0 Å². The van der Waals surface area contributed by atoms with E-state index in [9.17, 15) is 14.7 Å². The molecule has 0 unspecified atom stereocenters. The van der Waals surface area contributed by atoms with Crippen molar-refractivity contribution < 1.29 is 24.2 Å². The van der Waals surface area contributed by atoms with Crippen LogP contribution in [0.4, 0.5) is 16.2 Å². The molecule has 188 valence electrons. The van der Waals surface area contributed by atoms with E-state index in [0.717, 1.165) is 27.4 Å². The van der Waals surface area contributed by atoms with Crippen LogP contribution in [0.5, 0.6) is 17.2 Å². The summed E-state index contributed by atoms with van der Waals surface area (Å²) >= 11 is 7.12. The number of nitrogens with zero attached hydrogens (tertiary/aromatic N) is 3. The van der Waals surface area contributed by atoms with E-state index < -0.39 is 11.1 Å². The second-order valence-corrected chi connectivity index (χ2v) is 9.91. The zero-order chi connectivity index (χ0) is 26.2. The third-order valence-electron chi connectivity index (χ3n) is 6.08. The lowest BCUT2D eigenvalue weighted by atomic mass is 10.1. The van der Waals surface area contributed by atoms with E-state index in [4.69, 9.17) is 21.1 Å². The second kappa shape index (κ2) is 9.85. The molecule has 2 aliphatic heterocycles. The highest BCUT2D eigenvalue weighted by molar-refractivity contribution is 8.18. The van der Waals surface area contributed by atoms with Gasteiger partial charge in [-0.25, -0.2) is 0 Å². The molecule has 0 spiro atoms. The van der Waals surface area contributed by atoms with E-state index >= 15 is 0 Å². The van der Waals surface area contributed by atoms with Gasteiger partial charge in [-0.3, -0.25) is 14.5 Å². The highest BCUT2D eigenvalue weighted by Gasteiger charge is 2.36. The second-order valence-electron chi connectivity index (χ2n) is 8.51. The minimum Gasteiger partial charge on any atom is -0.507 e. The zero-order valence-electron chi connectivity index (χ0n) is 19.6. The first kappa shape index (κ1) is 24.0. The van der Waals surface area contributed by atoms with Crippen LogP contribution in [-0.2, 0) is 11.3 Å². The van der Waals surface area contributed by atoms with Crippen LogP contribution in [0.1, 0.15) is 11.1 Å². The summed E-state index contributed by atoms with van der Waals surface area (Å²) in [5.41, 5.74) is 2.08. The SMILES string of the molecule is O=C1S/C(=C\c2cc(N=Nc3cccc4ccccc34)ccc2O)C(=O)N1Cc1cc2c(cc1Cl)OCO2. The van der Waals surface area contributed by atoms with Gasteiger partial charge in [-0.1, -0.05) is 48.0 Å². The molecule has 2 aliphatic rings. The lowest BCUT2D eigenvalue weighted by molar-refractivity contribution is -0.123. The summed E-state index contributed by atoms with van der Waals surface area (Å²) in [5, 5.41) is 21.1. The lowest BCUT2D eigenvalue weighted by Crippen LogP contribution is -2.27. The van der Waals surface area contributed by atoms with Crippen molar-refractivity contribution in [2.45, 2.75) is 6.54 Å². The predicted molar refractivity (Wildman–Crippen MR) is 145 cm³/mol. The number of carbonyl (C=O) groups is 2. The number of thioether (sulfide) groups is 1. The van der Waals surface area contributed by atoms with Gasteiger partial charge in [0.05, 0.1) is 22.8 Å². The summed E-state index contributed by atoms with van der Waals surface area (Å²) in [4.78, 5) is 27.0. The number of phenolic OH excluding ortho intramolecular Hbond substituents is 1. The van der Waals surface area contributed by atoms with E-state index in [0.29, 0.717) is 39.0 Å². The fourth-order valence-electron chi connectivity index (χ4n) is 4.16. The van der Waals surface area contributed by atoms with Crippen molar-refractivity contribution in [3.8, 4) is 17.2 Å². The molecule has 38 heavy (non-hydrogen) atoms. The van der Waals surface area contributed by atoms with Crippen molar-refractivity contribution in [2.24, 2.45) is 10.2 Å². The molecule has 4 aromatic carbocycles. The number of aromatic hydroxyl groups is 1. The van der Waals surface area contributed by atoms with Crippen molar-refractivity contribution in [1.29, 1.82) is 0 Å². The molecule has 0 bridgehead atoms. The highest BCUT2D eigenvalue weighted by atomic mass is 35.5. The number of halogens is 1. The largest absolute Gasteiger partial charge is 0.507 e. The molecule has 1 saturated heterocycles. The number of azo groups is 1. The number of imide groups is 1. The molecule has 0 saturated carbocycles. The fraction of sp³-hybridized carbons (Fsp3) is 0.0714. The molecular formula is C28H18ClN3O5S. The summed E-state index contributed by atoms with van der Waals surface area (Å²) in [6, 6.07) is 21.6. The number of fused-ring (bicyclic) bond motifs is 2. The van der Waals surface area contributed by atoms with Crippen LogP contribution in [-0.4, -0.2) is 27.9 Å². The van der Waals surface area contributed by atoms with E-state index in [-0.39, 0.29) is 24.0 Å². The average Bonchev–Trinajstić information content (AvgIpc) is 3.48. The van der Waals surface area contributed by atoms with E-state index in [2.05, 4.69) is 10.2 Å². The van der Waals surface area contributed by atoms with Crippen molar-refractivity contribution >= 4 is 62.7 Å². The Morgan fingerprint density at radius 2 is 1.76 bits per heavy atom. The van der Waals surface area contributed by atoms with E-state index in [1.54, 1.807) is 24.3 Å². The topological polar surface area (TPSA) is 101 Å². The fourth-order valence-corrected chi connectivity index (χ4v) is 5.20. The number of hydrogen-bond donors (Lipinski definition) is 1. The summed E-state index contributed by atoms with van der Waals surface area (Å²) in [5.74, 6) is 0.475. The maximum absolute atomic E-state index is 13.1. The maximum atomic E-state index is 13.1. The van der Waals surface area contributed by atoms with E-state index in [1.807, 2.05) is 42.5 Å². The van der Waals surface area contributed by atoms with Gasteiger partial charge in [-0.05, 0) is 59.1 Å². The maximum Gasteiger partial charge on any atom is 0.293 e. The van der Waals surface area contributed by atoms with Crippen LogP contribution in [0.3, 0.4) is 0 Å². The van der Waals surface area contributed by atoms with Crippen molar-refractivity contribution in [2.75, 3.05) is 6.79 Å². The number of benzene rings is 4. The molecule has 10 heteroatoms. The number of carbonyl (C=O) groups excluding carboxylic acids is 2. The predicted octanol–water partition coefficient (Wildman–Crippen LogP) is 7.58. The molecule has 2 heterocycles. The Morgan fingerprint density at radius 1 is 0.974 bits per heavy atom. The van der Waals surface area contributed by atoms with Gasteiger partial charge in [0.25, 0.3) is 11.1 Å². The minimum atomic E-state index is -0.490. The van der Waals surface area contributed by atoms with Crippen molar-refractivity contribution in [3.05, 3.63) is 93.9 Å². The van der Waals surface area contributed by atoms with Gasteiger partial charge in [0.2, 0.25) is 6.79 Å². The third kappa shape index (κ3) is 4.57. The number of ether oxygens (including phenoxy) is 2. The normalized spacial score (nSPS) is 15.9. The first-order valence-corrected chi connectivity index (χ1v) is 12.7. The first-order chi connectivity index (χ1) is 18.5. The summed E-state index contributed by atoms with van der Waals surface area (Å²) in [6.45, 7) is 0.0617. The Bertz CT molecular complexity index is 1680. The van der Waals surface area contributed by atoms with Gasteiger partial charge in [0.1, 0.15) is 5.75 Å². The minimum absolute atomic E-state index is 0.0251. The number of phenols is 1. The Hall–Kier alpha value is -4.34. The number of rotatable bonds is 5. The van der Waals surface area contributed by atoms with Crippen molar-refractivity contribution in [1.82, 2.24) is 4.90 Å². The summed E-state index contributed by atoms with van der Waals surface area (Å²) < 4.78 is 10.7. The van der Waals surface area contributed by atoms with Gasteiger partial charge < -0.3 is 14.6 Å². The monoisotopic (exact) mass is 543 g/mol. The van der Waals surface area contributed by atoms with Gasteiger partial charge in [0.15, 0.2) is 11.5 Å².